The van der Waals surface area contributed by atoms with Crippen molar-refractivity contribution in [3.63, 3.8) is 0 Å². The molecule has 0 bridgehead atoms. The molecule has 1 amide bonds. The number of benzene rings is 1. The topological polar surface area (TPSA) is 42.2 Å². The van der Waals surface area contributed by atoms with Gasteiger partial charge < -0.3 is 9.73 Å². The van der Waals surface area contributed by atoms with E-state index in [2.05, 4.69) is 27.9 Å². The van der Waals surface area contributed by atoms with E-state index >= 15 is 0 Å². The highest BCUT2D eigenvalue weighted by atomic mass is 127. The maximum absolute atomic E-state index is 12.1. The summed E-state index contributed by atoms with van der Waals surface area (Å²) >= 11 is 3.79. The Hall–Kier alpha value is -1.60. The molecule has 0 aliphatic rings. The average Bonchev–Trinajstić information content (AvgIpc) is 3.16. The van der Waals surface area contributed by atoms with Gasteiger partial charge in [-0.25, -0.2) is 0 Å². The highest BCUT2D eigenvalue weighted by Gasteiger charge is 2.10. The number of thiophene rings is 1. The second-order valence-electron chi connectivity index (χ2n) is 4.41. The van der Waals surface area contributed by atoms with Gasteiger partial charge in [0.2, 0.25) is 0 Å². The lowest BCUT2D eigenvalue weighted by Gasteiger charge is -2.05. The number of furan rings is 1. The van der Waals surface area contributed by atoms with Crippen LogP contribution in [0.15, 0.2) is 58.3 Å². The Kier molecular flexibility index (Phi) is 4.40. The van der Waals surface area contributed by atoms with E-state index in [0.29, 0.717) is 12.1 Å². The smallest absolute Gasteiger partial charge is 0.252 e. The Morgan fingerprint density at radius 2 is 2.00 bits per heavy atom. The van der Waals surface area contributed by atoms with E-state index in [1.54, 1.807) is 11.3 Å². The van der Waals surface area contributed by atoms with Gasteiger partial charge in [-0.3, -0.25) is 4.79 Å². The fraction of sp³-hybridized carbons (Fsp3) is 0.0625. The third-order valence-electron chi connectivity index (χ3n) is 2.97. The summed E-state index contributed by atoms with van der Waals surface area (Å²) in [4.78, 5) is 13.2. The molecule has 0 spiro atoms. The van der Waals surface area contributed by atoms with Crippen LogP contribution in [-0.4, -0.2) is 5.91 Å². The van der Waals surface area contributed by atoms with E-state index in [1.807, 2.05) is 53.9 Å². The first-order chi connectivity index (χ1) is 10.2. The van der Waals surface area contributed by atoms with Crippen LogP contribution in [0.3, 0.4) is 0 Å². The number of carbonyl (C=O) groups is 1. The van der Waals surface area contributed by atoms with Crippen molar-refractivity contribution in [2.75, 3.05) is 0 Å². The number of carbonyl (C=O) groups excluding carboxylic acids is 1. The standard InChI is InChI=1S/C16H12INO2S/c17-13-5-2-1-4-12(13)16(19)18-10-11-7-8-14(20-11)15-6-3-9-21-15/h1-9H,10H2,(H,18,19). The first-order valence-electron chi connectivity index (χ1n) is 6.39. The number of hydrogen-bond donors (Lipinski definition) is 1. The fourth-order valence-corrected chi connectivity index (χ4v) is 3.25. The molecule has 106 valence electrons. The molecule has 0 fully saturated rings. The Bertz CT molecular complexity index is 749. The average molecular weight is 409 g/mol. The molecule has 0 saturated heterocycles. The largest absolute Gasteiger partial charge is 0.458 e. The normalized spacial score (nSPS) is 10.5. The van der Waals surface area contributed by atoms with Crippen LogP contribution >= 0.6 is 33.9 Å². The molecule has 2 heterocycles. The molecule has 2 aromatic heterocycles. The van der Waals surface area contributed by atoms with Crippen LogP contribution in [0, 0.1) is 3.57 Å². The first-order valence-corrected chi connectivity index (χ1v) is 8.35. The Morgan fingerprint density at radius 3 is 2.76 bits per heavy atom. The van der Waals surface area contributed by atoms with E-state index in [0.717, 1.165) is 20.0 Å². The molecule has 0 radical (unpaired) electrons. The van der Waals surface area contributed by atoms with Gasteiger partial charge in [0.05, 0.1) is 17.0 Å². The Balaban J connectivity index is 1.66. The molecular formula is C16H12INO2S. The van der Waals surface area contributed by atoms with Crippen LogP contribution < -0.4 is 5.32 Å². The SMILES string of the molecule is O=C(NCc1ccc(-c2cccs2)o1)c1ccccc1I. The summed E-state index contributed by atoms with van der Waals surface area (Å²) in [5, 5.41) is 4.89. The maximum atomic E-state index is 12.1. The molecule has 0 saturated carbocycles. The van der Waals surface area contributed by atoms with E-state index < -0.39 is 0 Å². The fourth-order valence-electron chi connectivity index (χ4n) is 1.93. The molecule has 1 N–H and O–H groups in total. The minimum atomic E-state index is -0.0888. The predicted molar refractivity (Wildman–Crippen MR) is 92.4 cm³/mol. The molecule has 3 aromatic rings. The van der Waals surface area contributed by atoms with Gasteiger partial charge in [-0.15, -0.1) is 11.3 Å². The summed E-state index contributed by atoms with van der Waals surface area (Å²) in [5.74, 6) is 1.50. The molecule has 0 aliphatic carbocycles. The Labute approximate surface area is 140 Å². The molecule has 5 heteroatoms. The minimum absolute atomic E-state index is 0.0888. The third kappa shape index (κ3) is 3.36. The van der Waals surface area contributed by atoms with Crippen LogP contribution in [0.1, 0.15) is 16.1 Å². The molecule has 0 aliphatic heterocycles. The van der Waals surface area contributed by atoms with Crippen molar-refractivity contribution in [2.45, 2.75) is 6.54 Å². The molecule has 1 aromatic carbocycles. The summed E-state index contributed by atoms with van der Waals surface area (Å²) < 4.78 is 6.67. The second-order valence-corrected chi connectivity index (χ2v) is 6.52. The zero-order valence-corrected chi connectivity index (χ0v) is 14.0. The van der Waals surface area contributed by atoms with E-state index in [9.17, 15) is 4.79 Å². The zero-order valence-electron chi connectivity index (χ0n) is 11.0. The van der Waals surface area contributed by atoms with Crippen molar-refractivity contribution in [1.82, 2.24) is 5.32 Å². The highest BCUT2D eigenvalue weighted by molar-refractivity contribution is 14.1. The molecule has 0 unspecified atom stereocenters. The van der Waals surface area contributed by atoms with Crippen LogP contribution in [-0.2, 0) is 6.54 Å². The van der Waals surface area contributed by atoms with E-state index in [-0.39, 0.29) is 5.91 Å². The van der Waals surface area contributed by atoms with Gasteiger partial charge >= 0.3 is 0 Å². The highest BCUT2D eigenvalue weighted by Crippen LogP contribution is 2.26. The van der Waals surface area contributed by atoms with E-state index in [1.165, 1.54) is 0 Å². The second kappa shape index (κ2) is 6.44. The van der Waals surface area contributed by atoms with Crippen molar-refractivity contribution >= 4 is 39.8 Å². The number of hydrogen-bond acceptors (Lipinski definition) is 3. The van der Waals surface area contributed by atoms with Crippen molar-refractivity contribution < 1.29 is 9.21 Å². The molecule has 3 rings (SSSR count). The zero-order chi connectivity index (χ0) is 14.7. The maximum Gasteiger partial charge on any atom is 0.252 e. The summed E-state index contributed by atoms with van der Waals surface area (Å²) in [7, 11) is 0. The van der Waals surface area contributed by atoms with Crippen molar-refractivity contribution in [2.24, 2.45) is 0 Å². The third-order valence-corrected chi connectivity index (χ3v) is 4.79. The van der Waals surface area contributed by atoms with Gasteiger partial charge in [0.25, 0.3) is 5.91 Å². The first kappa shape index (κ1) is 14.3. The van der Waals surface area contributed by atoms with E-state index in [4.69, 9.17) is 4.42 Å². The van der Waals surface area contributed by atoms with Crippen LogP contribution in [0.4, 0.5) is 0 Å². The summed E-state index contributed by atoms with van der Waals surface area (Å²) in [5.41, 5.74) is 0.683. The number of halogens is 1. The van der Waals surface area contributed by atoms with Gasteiger partial charge in [-0.05, 0) is 58.3 Å². The Morgan fingerprint density at radius 1 is 1.14 bits per heavy atom. The van der Waals surface area contributed by atoms with Gasteiger partial charge in [0, 0.05) is 3.57 Å². The van der Waals surface area contributed by atoms with Crippen LogP contribution in [0.25, 0.3) is 10.6 Å². The number of amides is 1. The summed E-state index contributed by atoms with van der Waals surface area (Å²) in [6.45, 7) is 0.384. The molecule has 3 nitrogen and oxygen atoms in total. The number of rotatable bonds is 4. The van der Waals surface area contributed by atoms with Gasteiger partial charge in [0.1, 0.15) is 11.5 Å². The molecular weight excluding hydrogens is 397 g/mol. The van der Waals surface area contributed by atoms with Crippen molar-refractivity contribution in [3.05, 3.63) is 68.8 Å². The monoisotopic (exact) mass is 409 g/mol. The summed E-state index contributed by atoms with van der Waals surface area (Å²) in [6, 6.07) is 15.3. The quantitative estimate of drug-likeness (QED) is 0.643. The minimum Gasteiger partial charge on any atom is -0.458 e. The summed E-state index contributed by atoms with van der Waals surface area (Å²) in [6.07, 6.45) is 0. The van der Waals surface area contributed by atoms with Gasteiger partial charge in [-0.1, -0.05) is 18.2 Å². The van der Waals surface area contributed by atoms with Gasteiger partial charge in [0.15, 0.2) is 0 Å². The molecule has 21 heavy (non-hydrogen) atoms. The van der Waals surface area contributed by atoms with Gasteiger partial charge in [-0.2, -0.15) is 0 Å². The lowest BCUT2D eigenvalue weighted by Crippen LogP contribution is -2.23. The number of nitrogens with one attached hydrogen (secondary N) is 1. The van der Waals surface area contributed by atoms with Crippen LogP contribution in [0.5, 0.6) is 0 Å². The van der Waals surface area contributed by atoms with Crippen LogP contribution in [0.2, 0.25) is 0 Å². The predicted octanol–water partition coefficient (Wildman–Crippen LogP) is 4.54. The van der Waals surface area contributed by atoms with Crippen molar-refractivity contribution in [1.29, 1.82) is 0 Å². The molecule has 0 atom stereocenters. The lowest BCUT2D eigenvalue weighted by atomic mass is 10.2. The van der Waals surface area contributed by atoms with Crippen molar-refractivity contribution in [3.8, 4) is 10.6 Å². The lowest BCUT2D eigenvalue weighted by molar-refractivity contribution is 0.0947.